The highest BCUT2D eigenvalue weighted by molar-refractivity contribution is 7.89. The molecule has 0 aliphatic heterocycles. The number of nitrogens with zero attached hydrogens (tertiary/aromatic N) is 1. The van der Waals surface area contributed by atoms with Gasteiger partial charge in [0, 0.05) is 24.0 Å². The van der Waals surface area contributed by atoms with E-state index in [1.54, 1.807) is 25.2 Å². The second-order valence-electron chi connectivity index (χ2n) is 9.64. The third-order valence-electron chi connectivity index (χ3n) is 7.55. The van der Waals surface area contributed by atoms with E-state index in [9.17, 15) is 13.2 Å². The number of sulfonamides is 1. The zero-order chi connectivity index (χ0) is 23.9. The molecule has 0 spiro atoms. The van der Waals surface area contributed by atoms with Crippen LogP contribution in [0, 0.1) is 6.92 Å². The van der Waals surface area contributed by atoms with E-state index in [1.165, 1.54) is 16.3 Å². The molecule has 1 amide bonds. The Hall–Kier alpha value is -2.64. The maximum atomic E-state index is 13.3. The zero-order valence-corrected chi connectivity index (χ0v) is 20.7. The number of amides is 1. The van der Waals surface area contributed by atoms with E-state index in [0.717, 1.165) is 50.5 Å². The van der Waals surface area contributed by atoms with Gasteiger partial charge in [-0.2, -0.15) is 4.31 Å². The molecule has 2 aromatic carbocycles. The Kier molecular flexibility index (Phi) is 6.25. The highest BCUT2D eigenvalue weighted by Gasteiger charge is 2.30. The van der Waals surface area contributed by atoms with Crippen molar-refractivity contribution in [2.45, 2.75) is 75.3 Å². The predicted molar refractivity (Wildman–Crippen MR) is 132 cm³/mol. The second-order valence-corrected chi connectivity index (χ2v) is 11.6. The number of rotatable bonds is 5. The molecule has 0 bridgehead atoms. The van der Waals surface area contributed by atoms with Gasteiger partial charge >= 0.3 is 0 Å². The Bertz CT molecular complexity index is 1320. The molecule has 1 saturated carbocycles. The quantitative estimate of drug-likeness (QED) is 0.523. The summed E-state index contributed by atoms with van der Waals surface area (Å²) in [5, 5.41) is 3.80. The van der Waals surface area contributed by atoms with Crippen LogP contribution < -0.4 is 5.32 Å². The molecule has 34 heavy (non-hydrogen) atoms. The molecule has 6 nitrogen and oxygen atoms in total. The van der Waals surface area contributed by atoms with Crippen molar-refractivity contribution >= 4 is 26.9 Å². The topological polar surface area (TPSA) is 79.6 Å². The van der Waals surface area contributed by atoms with Crippen molar-refractivity contribution in [3.8, 4) is 0 Å². The third kappa shape index (κ3) is 4.16. The van der Waals surface area contributed by atoms with Crippen LogP contribution in [0.3, 0.4) is 0 Å². The van der Waals surface area contributed by atoms with Crippen LogP contribution >= 0.6 is 0 Å². The van der Waals surface area contributed by atoms with Gasteiger partial charge in [-0.1, -0.05) is 43.5 Å². The summed E-state index contributed by atoms with van der Waals surface area (Å²) in [5.41, 5.74) is 3.62. The van der Waals surface area contributed by atoms with Crippen LogP contribution in [0.15, 0.2) is 51.8 Å². The van der Waals surface area contributed by atoms with Gasteiger partial charge in [0.15, 0.2) is 5.76 Å². The summed E-state index contributed by atoms with van der Waals surface area (Å²) in [6, 6.07) is 13.1. The van der Waals surface area contributed by atoms with Crippen molar-refractivity contribution in [2.75, 3.05) is 7.05 Å². The minimum absolute atomic E-state index is 0.0413. The van der Waals surface area contributed by atoms with Crippen molar-refractivity contribution < 1.29 is 17.6 Å². The molecule has 1 fully saturated rings. The summed E-state index contributed by atoms with van der Waals surface area (Å²) in [7, 11) is -1.94. The van der Waals surface area contributed by atoms with E-state index >= 15 is 0 Å². The van der Waals surface area contributed by atoms with Crippen LogP contribution in [0.4, 0.5) is 0 Å². The summed E-state index contributed by atoms with van der Waals surface area (Å²) >= 11 is 0. The Morgan fingerprint density at radius 1 is 1.03 bits per heavy atom. The number of furan rings is 1. The minimum atomic E-state index is -3.62. The molecule has 7 heteroatoms. The molecular weight excluding hydrogens is 448 g/mol. The van der Waals surface area contributed by atoms with Gasteiger partial charge in [-0.05, 0) is 68.4 Å². The molecular formula is C27H32N2O4S. The lowest BCUT2D eigenvalue weighted by molar-refractivity contribution is 0.0906. The Balaban J connectivity index is 1.41. The molecule has 1 atom stereocenters. The van der Waals surface area contributed by atoms with Gasteiger partial charge < -0.3 is 9.73 Å². The van der Waals surface area contributed by atoms with E-state index in [4.69, 9.17) is 4.42 Å². The van der Waals surface area contributed by atoms with Gasteiger partial charge in [0.05, 0.1) is 10.9 Å². The molecule has 5 rings (SSSR count). The molecule has 0 unspecified atom stereocenters. The minimum Gasteiger partial charge on any atom is -0.451 e. The number of carbonyl (C=O) groups excluding carboxylic acids is 1. The number of carbonyl (C=O) groups is 1. The van der Waals surface area contributed by atoms with Crippen molar-refractivity contribution in [2.24, 2.45) is 0 Å². The van der Waals surface area contributed by atoms with E-state index in [2.05, 4.69) is 17.4 Å². The predicted octanol–water partition coefficient (Wildman–Crippen LogP) is 5.50. The molecule has 2 aliphatic rings. The number of fused-ring (bicyclic) bond motifs is 2. The van der Waals surface area contributed by atoms with E-state index in [-0.39, 0.29) is 28.6 Å². The van der Waals surface area contributed by atoms with Crippen molar-refractivity contribution in [1.82, 2.24) is 9.62 Å². The maximum absolute atomic E-state index is 13.3. The summed E-state index contributed by atoms with van der Waals surface area (Å²) in [6.45, 7) is 1.82. The fourth-order valence-corrected chi connectivity index (χ4v) is 6.95. The average molecular weight is 481 g/mol. The Morgan fingerprint density at radius 3 is 2.59 bits per heavy atom. The van der Waals surface area contributed by atoms with Crippen LogP contribution in [0.25, 0.3) is 11.0 Å². The molecule has 3 aromatic rings. The van der Waals surface area contributed by atoms with Crippen molar-refractivity contribution in [1.29, 1.82) is 0 Å². The van der Waals surface area contributed by atoms with E-state index < -0.39 is 10.0 Å². The second kappa shape index (κ2) is 9.19. The highest BCUT2D eigenvalue weighted by atomic mass is 32.2. The number of hydrogen-bond donors (Lipinski definition) is 1. The Morgan fingerprint density at radius 2 is 1.79 bits per heavy atom. The molecule has 0 saturated heterocycles. The lowest BCUT2D eigenvalue weighted by Crippen LogP contribution is -2.38. The Labute approximate surface area is 201 Å². The van der Waals surface area contributed by atoms with Gasteiger partial charge in [-0.15, -0.1) is 0 Å². The van der Waals surface area contributed by atoms with E-state index in [0.29, 0.717) is 16.5 Å². The largest absolute Gasteiger partial charge is 0.451 e. The van der Waals surface area contributed by atoms with Gasteiger partial charge in [-0.3, -0.25) is 4.79 Å². The first-order valence-electron chi connectivity index (χ1n) is 12.3. The first-order chi connectivity index (χ1) is 16.4. The van der Waals surface area contributed by atoms with Gasteiger partial charge in [-0.25, -0.2) is 8.42 Å². The summed E-state index contributed by atoms with van der Waals surface area (Å²) in [4.78, 5) is 13.4. The first-order valence-corrected chi connectivity index (χ1v) is 13.7. The van der Waals surface area contributed by atoms with Gasteiger partial charge in [0.25, 0.3) is 5.91 Å². The fraction of sp³-hybridized carbons (Fsp3) is 0.444. The number of benzene rings is 2. The van der Waals surface area contributed by atoms with Gasteiger partial charge in [0.1, 0.15) is 5.58 Å². The molecule has 2 aliphatic carbocycles. The van der Waals surface area contributed by atoms with Crippen LogP contribution in [0.1, 0.15) is 78.2 Å². The summed E-state index contributed by atoms with van der Waals surface area (Å²) in [5.74, 6) is -0.0210. The third-order valence-corrected chi connectivity index (χ3v) is 9.46. The zero-order valence-electron chi connectivity index (χ0n) is 19.8. The highest BCUT2D eigenvalue weighted by Crippen LogP contribution is 2.33. The number of aryl methyl sites for hydroxylation is 2. The summed E-state index contributed by atoms with van der Waals surface area (Å²) < 4.78 is 34.1. The smallest absolute Gasteiger partial charge is 0.287 e. The monoisotopic (exact) mass is 480 g/mol. The first kappa shape index (κ1) is 23.1. The maximum Gasteiger partial charge on any atom is 0.287 e. The van der Waals surface area contributed by atoms with E-state index in [1.807, 2.05) is 19.1 Å². The number of nitrogens with one attached hydrogen (secondary N) is 1. The van der Waals surface area contributed by atoms with Crippen molar-refractivity contribution in [3.05, 3.63) is 64.9 Å². The normalized spacial score (nSPS) is 19.3. The van der Waals surface area contributed by atoms with Crippen LogP contribution in [-0.2, 0) is 16.4 Å². The average Bonchev–Trinajstić information content (AvgIpc) is 3.20. The SMILES string of the molecule is Cc1c(C(=O)N[C@H]2CCCc3ccccc32)oc2ccc(S(=O)(=O)N(C)C3CCCCC3)cc12. The standard InChI is InChI=1S/C27H32N2O4S/c1-18-23-17-21(34(31,32)29(2)20-11-4-3-5-12-20)15-16-25(23)33-26(18)27(30)28-24-14-8-10-19-9-6-7-13-22(19)24/h6-7,9,13,15-17,20,24H,3-5,8,10-12,14H2,1-2H3,(H,28,30)/t24-/m0/s1. The lowest BCUT2D eigenvalue weighted by atomic mass is 9.87. The van der Waals surface area contributed by atoms with Crippen LogP contribution in [-0.4, -0.2) is 31.7 Å². The van der Waals surface area contributed by atoms with Crippen molar-refractivity contribution in [3.63, 3.8) is 0 Å². The molecule has 1 aromatic heterocycles. The molecule has 1 N–H and O–H groups in total. The molecule has 1 heterocycles. The molecule has 180 valence electrons. The van der Waals surface area contributed by atoms with Gasteiger partial charge in [0.2, 0.25) is 10.0 Å². The summed E-state index contributed by atoms with van der Waals surface area (Å²) in [6.07, 6.45) is 8.03. The fourth-order valence-electron chi connectivity index (χ4n) is 5.51. The van der Waals surface area contributed by atoms with Crippen LogP contribution in [0.5, 0.6) is 0 Å². The number of hydrogen-bond acceptors (Lipinski definition) is 4. The molecule has 0 radical (unpaired) electrons. The van der Waals surface area contributed by atoms with Crippen LogP contribution in [0.2, 0.25) is 0 Å². The lowest BCUT2D eigenvalue weighted by Gasteiger charge is -2.30.